The summed E-state index contributed by atoms with van der Waals surface area (Å²) >= 11 is 3.39. The van der Waals surface area contributed by atoms with Crippen molar-refractivity contribution in [2.24, 2.45) is 0 Å². The van der Waals surface area contributed by atoms with E-state index in [-0.39, 0.29) is 25.6 Å². The highest BCUT2D eigenvalue weighted by atomic mass is 79.9. The van der Waals surface area contributed by atoms with E-state index in [9.17, 15) is 4.79 Å². The Labute approximate surface area is 153 Å². The van der Waals surface area contributed by atoms with Gasteiger partial charge < -0.3 is 20.7 Å². The highest BCUT2D eigenvalue weighted by Gasteiger charge is 2.31. The molecule has 0 radical (unpaired) electrons. The van der Waals surface area contributed by atoms with Crippen molar-refractivity contribution in [3.05, 3.63) is 22.7 Å². The van der Waals surface area contributed by atoms with Crippen LogP contribution in [0.2, 0.25) is 0 Å². The van der Waals surface area contributed by atoms with Crippen molar-refractivity contribution >= 4 is 46.9 Å². The predicted molar refractivity (Wildman–Crippen MR) is 103 cm³/mol. The zero-order chi connectivity index (χ0) is 16.3. The van der Waals surface area contributed by atoms with Crippen molar-refractivity contribution in [3.63, 3.8) is 0 Å². The van der Waals surface area contributed by atoms with E-state index in [1.807, 2.05) is 43.9 Å². The van der Waals surface area contributed by atoms with Crippen LogP contribution in [0, 0.1) is 0 Å². The molecule has 3 N–H and O–H groups in total. The summed E-state index contributed by atoms with van der Waals surface area (Å²) in [5.74, 6) is 0. The maximum absolute atomic E-state index is 12.2. The molecule has 1 unspecified atom stereocenters. The lowest BCUT2D eigenvalue weighted by Crippen LogP contribution is -2.42. The molecule has 130 valence electrons. The summed E-state index contributed by atoms with van der Waals surface area (Å²) in [5, 5.41) is 3.33. The van der Waals surface area contributed by atoms with Gasteiger partial charge in [0.25, 0.3) is 0 Å². The minimum Gasteiger partial charge on any atom is -0.444 e. The van der Waals surface area contributed by atoms with Gasteiger partial charge in [-0.25, -0.2) is 4.79 Å². The average Bonchev–Trinajstić information content (AvgIpc) is 2.84. The van der Waals surface area contributed by atoms with E-state index in [1.165, 1.54) is 0 Å². The summed E-state index contributed by atoms with van der Waals surface area (Å²) in [5.41, 5.74) is 7.10. The molecule has 0 aliphatic carbocycles. The largest absolute Gasteiger partial charge is 0.444 e. The van der Waals surface area contributed by atoms with Crippen molar-refractivity contribution in [1.29, 1.82) is 0 Å². The molecule has 7 heteroatoms. The van der Waals surface area contributed by atoms with Crippen LogP contribution in [0.1, 0.15) is 33.6 Å². The van der Waals surface area contributed by atoms with Crippen molar-refractivity contribution < 1.29 is 9.53 Å². The zero-order valence-corrected chi connectivity index (χ0v) is 16.4. The van der Waals surface area contributed by atoms with Crippen LogP contribution in [-0.2, 0) is 4.74 Å². The van der Waals surface area contributed by atoms with E-state index in [2.05, 4.69) is 21.2 Å². The second kappa shape index (κ2) is 8.15. The number of rotatable bonds is 3. The van der Waals surface area contributed by atoms with Gasteiger partial charge in [0, 0.05) is 17.6 Å². The Hall–Kier alpha value is -1.08. The van der Waals surface area contributed by atoms with E-state index in [0.29, 0.717) is 12.2 Å². The topological polar surface area (TPSA) is 67.6 Å². The van der Waals surface area contributed by atoms with Crippen molar-refractivity contribution in [2.75, 3.05) is 24.1 Å². The summed E-state index contributed by atoms with van der Waals surface area (Å²) in [6.07, 6.45) is 1.74. The molecular formula is C16H26BrN3O2S. The number of amides is 1. The van der Waals surface area contributed by atoms with Crippen LogP contribution in [0.4, 0.5) is 16.2 Å². The Bertz CT molecular complexity index is 549. The number of hydrogen-bond donors (Lipinski definition) is 2. The van der Waals surface area contributed by atoms with Gasteiger partial charge in [-0.15, -0.1) is 0 Å². The summed E-state index contributed by atoms with van der Waals surface area (Å²) < 4.78 is 6.42. The molecule has 0 aromatic heterocycles. The number of nitrogen functional groups attached to an aromatic ring is 1. The second-order valence-electron chi connectivity index (χ2n) is 6.58. The molecule has 0 saturated carbocycles. The Kier molecular flexibility index (Phi) is 7.07. The number of benzene rings is 1. The molecule has 0 bridgehead atoms. The first-order chi connectivity index (χ1) is 10.3. The number of nitrogens with one attached hydrogen (secondary N) is 1. The Morgan fingerprint density at radius 3 is 2.78 bits per heavy atom. The molecule has 2 rings (SSSR count). The number of nitrogens with two attached hydrogens (primary N) is 1. The van der Waals surface area contributed by atoms with Gasteiger partial charge in [-0.3, -0.25) is 0 Å². The minimum atomic E-state index is -0.464. The Morgan fingerprint density at radius 2 is 2.17 bits per heavy atom. The second-order valence-corrected chi connectivity index (χ2v) is 7.50. The number of hydrogen-bond acceptors (Lipinski definition) is 4. The Balaban J connectivity index is 0.00000264. The Morgan fingerprint density at radius 1 is 1.48 bits per heavy atom. The number of anilines is 2. The maximum atomic E-state index is 12.2. The molecule has 1 fully saturated rings. The SMILES string of the molecule is CC(C)(C)OC(=O)N1CCCC1CNc1ccc(Br)cc1N.S. The molecule has 1 heterocycles. The summed E-state index contributed by atoms with van der Waals surface area (Å²) in [4.78, 5) is 14.1. The number of carbonyl (C=O) groups excluding carboxylic acids is 1. The molecular weight excluding hydrogens is 378 g/mol. The van der Waals surface area contributed by atoms with Crippen LogP contribution < -0.4 is 11.1 Å². The fourth-order valence-corrected chi connectivity index (χ4v) is 2.91. The fraction of sp³-hybridized carbons (Fsp3) is 0.562. The predicted octanol–water partition coefficient (Wildman–Crippen LogP) is 3.96. The van der Waals surface area contributed by atoms with Crippen LogP contribution in [-0.4, -0.2) is 35.7 Å². The third kappa shape index (κ3) is 5.80. The third-order valence-electron chi connectivity index (χ3n) is 3.55. The molecule has 1 saturated heterocycles. The highest BCUT2D eigenvalue weighted by molar-refractivity contribution is 9.10. The molecule has 23 heavy (non-hydrogen) atoms. The minimum absolute atomic E-state index is 0. The highest BCUT2D eigenvalue weighted by Crippen LogP contribution is 2.25. The van der Waals surface area contributed by atoms with E-state index in [4.69, 9.17) is 10.5 Å². The average molecular weight is 404 g/mol. The van der Waals surface area contributed by atoms with Gasteiger partial charge in [0.05, 0.1) is 17.4 Å². The van der Waals surface area contributed by atoms with E-state index in [0.717, 1.165) is 29.5 Å². The van der Waals surface area contributed by atoms with Gasteiger partial charge in [-0.2, -0.15) is 13.5 Å². The number of halogens is 1. The van der Waals surface area contributed by atoms with Gasteiger partial charge >= 0.3 is 6.09 Å². The lowest BCUT2D eigenvalue weighted by molar-refractivity contribution is 0.0235. The smallest absolute Gasteiger partial charge is 0.410 e. The van der Waals surface area contributed by atoms with Gasteiger partial charge in [-0.05, 0) is 51.8 Å². The summed E-state index contributed by atoms with van der Waals surface area (Å²) in [6, 6.07) is 5.88. The lowest BCUT2D eigenvalue weighted by atomic mass is 10.2. The summed E-state index contributed by atoms with van der Waals surface area (Å²) in [6.45, 7) is 7.08. The van der Waals surface area contributed by atoms with Crippen LogP contribution in [0.25, 0.3) is 0 Å². The first kappa shape index (κ1) is 20.0. The van der Waals surface area contributed by atoms with Crippen LogP contribution in [0.15, 0.2) is 22.7 Å². The van der Waals surface area contributed by atoms with Crippen molar-refractivity contribution in [1.82, 2.24) is 4.90 Å². The van der Waals surface area contributed by atoms with Gasteiger partial charge in [0.15, 0.2) is 0 Å². The van der Waals surface area contributed by atoms with E-state index < -0.39 is 5.60 Å². The molecule has 1 aromatic carbocycles. The quantitative estimate of drug-likeness (QED) is 0.749. The maximum Gasteiger partial charge on any atom is 0.410 e. The first-order valence-corrected chi connectivity index (χ1v) is 8.34. The lowest BCUT2D eigenvalue weighted by Gasteiger charge is -2.29. The molecule has 1 amide bonds. The van der Waals surface area contributed by atoms with Gasteiger partial charge in [0.2, 0.25) is 0 Å². The van der Waals surface area contributed by atoms with Crippen molar-refractivity contribution in [3.8, 4) is 0 Å². The first-order valence-electron chi connectivity index (χ1n) is 7.55. The van der Waals surface area contributed by atoms with Crippen molar-refractivity contribution in [2.45, 2.75) is 45.3 Å². The van der Waals surface area contributed by atoms with Crippen LogP contribution in [0.5, 0.6) is 0 Å². The standard InChI is InChI=1S/C16H24BrN3O2.H2S/c1-16(2,3)22-15(21)20-8-4-5-12(20)10-19-14-7-6-11(17)9-13(14)18;/h6-7,9,12,19H,4-5,8,10,18H2,1-3H3;1H2. The number of carbonyl (C=O) groups is 1. The molecule has 5 nitrogen and oxygen atoms in total. The molecule has 1 aliphatic rings. The molecule has 0 spiro atoms. The summed E-state index contributed by atoms with van der Waals surface area (Å²) in [7, 11) is 0. The monoisotopic (exact) mass is 403 g/mol. The number of ether oxygens (including phenoxy) is 1. The van der Waals surface area contributed by atoms with Gasteiger partial charge in [0.1, 0.15) is 5.60 Å². The fourth-order valence-electron chi connectivity index (χ4n) is 2.53. The van der Waals surface area contributed by atoms with E-state index in [1.54, 1.807) is 0 Å². The molecule has 1 atom stereocenters. The number of likely N-dealkylation sites (tertiary alicyclic amines) is 1. The zero-order valence-electron chi connectivity index (χ0n) is 13.9. The van der Waals surface area contributed by atoms with E-state index >= 15 is 0 Å². The normalized spacial score (nSPS) is 17.6. The number of nitrogens with zero attached hydrogens (tertiary/aromatic N) is 1. The van der Waals surface area contributed by atoms with Gasteiger partial charge in [-0.1, -0.05) is 15.9 Å². The third-order valence-corrected chi connectivity index (χ3v) is 4.04. The van der Waals surface area contributed by atoms with Crippen LogP contribution in [0.3, 0.4) is 0 Å². The van der Waals surface area contributed by atoms with Crippen LogP contribution >= 0.6 is 29.4 Å². The molecule has 1 aliphatic heterocycles. The molecule has 1 aromatic rings.